The van der Waals surface area contributed by atoms with Crippen LogP contribution in [0.15, 0.2) is 0 Å². The topological polar surface area (TPSA) is 32.5 Å². The predicted octanol–water partition coefficient (Wildman–Crippen LogP) is 1.47. The minimum atomic E-state index is 0.506. The van der Waals surface area contributed by atoms with Crippen molar-refractivity contribution in [2.24, 2.45) is 5.73 Å². The number of thiocarbonyl (C=S) groups is 1. The van der Waals surface area contributed by atoms with Crippen molar-refractivity contribution in [3.63, 3.8) is 0 Å². The van der Waals surface area contributed by atoms with Crippen molar-refractivity contribution in [3.05, 3.63) is 0 Å². The van der Waals surface area contributed by atoms with E-state index in [1.165, 1.54) is 19.4 Å². The third-order valence-electron chi connectivity index (χ3n) is 3.70. The highest BCUT2D eigenvalue weighted by Crippen LogP contribution is 2.17. The maximum atomic E-state index is 5.64. The summed E-state index contributed by atoms with van der Waals surface area (Å²) in [4.78, 5) is 5.52. The van der Waals surface area contributed by atoms with Gasteiger partial charge in [0.2, 0.25) is 0 Å². The second-order valence-corrected chi connectivity index (χ2v) is 5.47. The summed E-state index contributed by atoms with van der Waals surface area (Å²) < 4.78 is 0. The van der Waals surface area contributed by atoms with Crippen LogP contribution in [0.3, 0.4) is 0 Å². The molecule has 0 radical (unpaired) electrons. The van der Waals surface area contributed by atoms with Gasteiger partial charge in [0.1, 0.15) is 0 Å². The van der Waals surface area contributed by atoms with Gasteiger partial charge in [-0.15, -0.1) is 0 Å². The van der Waals surface area contributed by atoms with E-state index in [9.17, 15) is 0 Å². The molecule has 1 fully saturated rings. The first-order valence-electron chi connectivity index (χ1n) is 6.23. The van der Waals surface area contributed by atoms with E-state index in [0.29, 0.717) is 17.1 Å². The fraction of sp³-hybridized carbons (Fsp3) is 0.917. The van der Waals surface area contributed by atoms with Crippen molar-refractivity contribution >= 4 is 17.2 Å². The number of rotatable bonds is 6. The standard InChI is InChI=1S/C12H25N3S/c1-4-10(8-12(13)16)15(3)9-11-6-5-7-14(11)2/h10-11H,4-9H2,1-3H3,(H2,13,16). The largest absolute Gasteiger partial charge is 0.393 e. The molecule has 4 heteroatoms. The van der Waals surface area contributed by atoms with Gasteiger partial charge in [-0.25, -0.2) is 0 Å². The Hall–Kier alpha value is -0.190. The quantitative estimate of drug-likeness (QED) is 0.716. The molecule has 0 aromatic carbocycles. The molecule has 2 unspecified atom stereocenters. The number of hydrogen-bond donors (Lipinski definition) is 1. The lowest BCUT2D eigenvalue weighted by Crippen LogP contribution is -2.42. The lowest BCUT2D eigenvalue weighted by molar-refractivity contribution is 0.176. The maximum absolute atomic E-state index is 5.64. The number of nitrogens with two attached hydrogens (primary N) is 1. The smallest absolute Gasteiger partial charge is 0.0743 e. The van der Waals surface area contributed by atoms with Crippen molar-refractivity contribution in [2.45, 2.75) is 44.7 Å². The average molecular weight is 243 g/mol. The fourth-order valence-electron chi connectivity index (χ4n) is 2.54. The number of likely N-dealkylation sites (N-methyl/N-ethyl adjacent to an activating group) is 2. The highest BCUT2D eigenvalue weighted by atomic mass is 32.1. The zero-order valence-electron chi connectivity index (χ0n) is 10.8. The lowest BCUT2D eigenvalue weighted by Gasteiger charge is -2.31. The molecule has 3 nitrogen and oxygen atoms in total. The molecule has 1 aliphatic heterocycles. The van der Waals surface area contributed by atoms with Gasteiger partial charge < -0.3 is 15.5 Å². The first-order chi connectivity index (χ1) is 7.54. The second-order valence-electron chi connectivity index (χ2n) is 4.95. The Balaban J connectivity index is 2.42. The SMILES string of the molecule is CCC(CC(N)=S)N(C)CC1CCCN1C. The van der Waals surface area contributed by atoms with Crippen LogP contribution in [0.2, 0.25) is 0 Å². The molecule has 0 bridgehead atoms. The van der Waals surface area contributed by atoms with E-state index in [2.05, 4.69) is 30.8 Å². The molecule has 0 aromatic heterocycles. The summed E-state index contributed by atoms with van der Waals surface area (Å²) in [5, 5.41) is 0. The van der Waals surface area contributed by atoms with Crippen molar-refractivity contribution in [2.75, 3.05) is 27.2 Å². The van der Waals surface area contributed by atoms with Crippen LogP contribution in [0, 0.1) is 0 Å². The minimum absolute atomic E-state index is 0.506. The van der Waals surface area contributed by atoms with E-state index in [1.807, 2.05) is 0 Å². The zero-order valence-corrected chi connectivity index (χ0v) is 11.6. The van der Waals surface area contributed by atoms with E-state index in [0.717, 1.165) is 19.4 Å². The Morgan fingerprint density at radius 3 is 2.75 bits per heavy atom. The summed E-state index contributed by atoms with van der Waals surface area (Å²) in [5.41, 5.74) is 5.64. The molecule has 1 rings (SSSR count). The van der Waals surface area contributed by atoms with E-state index in [4.69, 9.17) is 18.0 Å². The zero-order chi connectivity index (χ0) is 12.1. The van der Waals surface area contributed by atoms with Crippen LogP contribution >= 0.6 is 12.2 Å². The summed E-state index contributed by atoms with van der Waals surface area (Å²) >= 11 is 5.00. The highest BCUT2D eigenvalue weighted by molar-refractivity contribution is 7.80. The lowest BCUT2D eigenvalue weighted by atomic mass is 10.1. The van der Waals surface area contributed by atoms with Gasteiger partial charge in [-0.2, -0.15) is 0 Å². The summed E-state index contributed by atoms with van der Waals surface area (Å²) in [6, 6.07) is 1.22. The van der Waals surface area contributed by atoms with Crippen LogP contribution in [-0.2, 0) is 0 Å². The van der Waals surface area contributed by atoms with Gasteiger partial charge in [0, 0.05) is 25.0 Å². The Labute approximate surface area is 105 Å². The molecular weight excluding hydrogens is 218 g/mol. The van der Waals surface area contributed by atoms with Gasteiger partial charge in [-0.05, 0) is 39.9 Å². The Kier molecular flexibility index (Phi) is 5.66. The molecule has 1 heterocycles. The molecule has 1 saturated heterocycles. The molecule has 0 saturated carbocycles. The Morgan fingerprint density at radius 2 is 2.31 bits per heavy atom. The average Bonchev–Trinajstić information content (AvgIpc) is 2.60. The van der Waals surface area contributed by atoms with Crippen LogP contribution in [-0.4, -0.2) is 54.1 Å². The van der Waals surface area contributed by atoms with Crippen LogP contribution in [0.25, 0.3) is 0 Å². The highest BCUT2D eigenvalue weighted by Gasteiger charge is 2.24. The van der Waals surface area contributed by atoms with Crippen molar-refractivity contribution in [1.29, 1.82) is 0 Å². The van der Waals surface area contributed by atoms with Crippen LogP contribution in [0.4, 0.5) is 0 Å². The summed E-state index contributed by atoms with van der Waals surface area (Å²) in [7, 11) is 4.42. The predicted molar refractivity (Wildman–Crippen MR) is 73.8 cm³/mol. The van der Waals surface area contributed by atoms with Gasteiger partial charge in [0.25, 0.3) is 0 Å². The molecule has 0 spiro atoms. The van der Waals surface area contributed by atoms with E-state index in [-0.39, 0.29) is 0 Å². The van der Waals surface area contributed by atoms with Crippen molar-refractivity contribution in [3.8, 4) is 0 Å². The third-order valence-corrected chi connectivity index (χ3v) is 3.87. The summed E-state index contributed by atoms with van der Waals surface area (Å²) in [6.07, 6.45) is 4.62. The van der Waals surface area contributed by atoms with Gasteiger partial charge in [0.15, 0.2) is 0 Å². The monoisotopic (exact) mass is 243 g/mol. The first-order valence-corrected chi connectivity index (χ1v) is 6.64. The molecule has 0 aromatic rings. The molecule has 0 aliphatic carbocycles. The normalized spacial score (nSPS) is 23.9. The number of nitrogens with zero attached hydrogens (tertiary/aromatic N) is 2. The second kappa shape index (κ2) is 6.52. The van der Waals surface area contributed by atoms with E-state index >= 15 is 0 Å². The number of likely N-dealkylation sites (tertiary alicyclic amines) is 1. The Morgan fingerprint density at radius 1 is 1.62 bits per heavy atom. The minimum Gasteiger partial charge on any atom is -0.393 e. The molecule has 1 aliphatic rings. The molecule has 16 heavy (non-hydrogen) atoms. The summed E-state index contributed by atoms with van der Waals surface area (Å²) in [5.74, 6) is 0. The van der Waals surface area contributed by atoms with Crippen molar-refractivity contribution < 1.29 is 0 Å². The first kappa shape index (κ1) is 13.9. The fourth-order valence-corrected chi connectivity index (χ4v) is 2.73. The Bertz CT molecular complexity index is 232. The summed E-state index contributed by atoms with van der Waals surface area (Å²) in [6.45, 7) is 4.58. The van der Waals surface area contributed by atoms with Crippen LogP contribution < -0.4 is 5.73 Å². The van der Waals surface area contributed by atoms with Crippen LogP contribution in [0.5, 0.6) is 0 Å². The van der Waals surface area contributed by atoms with Gasteiger partial charge in [0.05, 0.1) is 4.99 Å². The van der Waals surface area contributed by atoms with Gasteiger partial charge in [-0.1, -0.05) is 19.1 Å². The third kappa shape index (κ3) is 4.00. The number of hydrogen-bond acceptors (Lipinski definition) is 3. The van der Waals surface area contributed by atoms with Gasteiger partial charge in [-0.3, -0.25) is 0 Å². The molecule has 94 valence electrons. The molecule has 2 atom stereocenters. The van der Waals surface area contributed by atoms with E-state index in [1.54, 1.807) is 0 Å². The molecule has 2 N–H and O–H groups in total. The van der Waals surface area contributed by atoms with Crippen LogP contribution in [0.1, 0.15) is 32.6 Å². The molecule has 0 amide bonds. The maximum Gasteiger partial charge on any atom is 0.0743 e. The van der Waals surface area contributed by atoms with Crippen molar-refractivity contribution in [1.82, 2.24) is 9.80 Å². The molecular formula is C12H25N3S. The van der Waals surface area contributed by atoms with Gasteiger partial charge >= 0.3 is 0 Å². The van der Waals surface area contributed by atoms with E-state index < -0.39 is 0 Å².